The lowest BCUT2D eigenvalue weighted by Gasteiger charge is -2.09. The summed E-state index contributed by atoms with van der Waals surface area (Å²) in [7, 11) is -3.53. The van der Waals surface area contributed by atoms with Gasteiger partial charge < -0.3 is 5.32 Å². The first-order valence-electron chi connectivity index (χ1n) is 7.92. The molecule has 0 aromatic heterocycles. The van der Waals surface area contributed by atoms with E-state index in [1.54, 1.807) is 36.4 Å². The molecule has 1 amide bonds. The number of anilines is 1. The number of carbonyl (C=O) groups excluding carboxylic acids is 1. The molecule has 0 saturated heterocycles. The molecule has 3 rings (SSSR count). The van der Waals surface area contributed by atoms with Crippen molar-refractivity contribution in [2.75, 3.05) is 5.32 Å². The Morgan fingerprint density at radius 2 is 1.75 bits per heavy atom. The molecule has 0 unspecified atom stereocenters. The van der Waals surface area contributed by atoms with Crippen molar-refractivity contribution in [1.82, 2.24) is 4.72 Å². The number of amides is 1. The predicted molar refractivity (Wildman–Crippen MR) is 93.2 cm³/mol. The van der Waals surface area contributed by atoms with Crippen LogP contribution in [0.1, 0.15) is 30.0 Å². The van der Waals surface area contributed by atoms with Gasteiger partial charge in [-0.2, -0.15) is 0 Å². The number of fused-ring (bicyclic) bond motifs is 1. The minimum atomic E-state index is -3.53. The zero-order chi connectivity index (χ0) is 17.2. The van der Waals surface area contributed by atoms with Gasteiger partial charge in [0.1, 0.15) is 0 Å². The van der Waals surface area contributed by atoms with E-state index in [1.807, 2.05) is 6.07 Å². The molecular formula is C18H20N2O3S. The normalized spacial score (nSPS) is 13.5. The van der Waals surface area contributed by atoms with E-state index in [1.165, 1.54) is 12.5 Å². The lowest BCUT2D eigenvalue weighted by atomic mass is 10.1. The summed E-state index contributed by atoms with van der Waals surface area (Å²) in [4.78, 5) is 11.3. The van der Waals surface area contributed by atoms with Crippen molar-refractivity contribution in [3.8, 4) is 0 Å². The van der Waals surface area contributed by atoms with Crippen molar-refractivity contribution in [3.63, 3.8) is 0 Å². The molecule has 5 nitrogen and oxygen atoms in total. The van der Waals surface area contributed by atoms with Gasteiger partial charge in [0.25, 0.3) is 0 Å². The first-order valence-corrected chi connectivity index (χ1v) is 9.40. The van der Waals surface area contributed by atoms with Crippen LogP contribution in [0.15, 0.2) is 47.4 Å². The summed E-state index contributed by atoms with van der Waals surface area (Å²) in [6, 6.07) is 12.4. The van der Waals surface area contributed by atoms with E-state index in [0.717, 1.165) is 30.4 Å². The van der Waals surface area contributed by atoms with Crippen LogP contribution in [0.4, 0.5) is 5.69 Å². The first kappa shape index (κ1) is 16.7. The fourth-order valence-electron chi connectivity index (χ4n) is 2.89. The Bertz CT molecular complexity index is 858. The van der Waals surface area contributed by atoms with Crippen molar-refractivity contribution in [2.24, 2.45) is 0 Å². The molecule has 2 aromatic carbocycles. The topological polar surface area (TPSA) is 75.3 Å². The van der Waals surface area contributed by atoms with Crippen molar-refractivity contribution in [3.05, 3.63) is 59.2 Å². The zero-order valence-electron chi connectivity index (χ0n) is 13.5. The van der Waals surface area contributed by atoms with Crippen LogP contribution < -0.4 is 10.0 Å². The number of hydrogen-bond acceptors (Lipinski definition) is 3. The van der Waals surface area contributed by atoms with E-state index >= 15 is 0 Å². The van der Waals surface area contributed by atoms with Gasteiger partial charge in [0, 0.05) is 19.2 Å². The second-order valence-corrected chi connectivity index (χ2v) is 7.75. The Labute approximate surface area is 142 Å². The molecule has 0 radical (unpaired) electrons. The summed E-state index contributed by atoms with van der Waals surface area (Å²) >= 11 is 0. The molecule has 0 atom stereocenters. The average molecular weight is 344 g/mol. The predicted octanol–water partition coefficient (Wildman–Crippen LogP) is 2.61. The van der Waals surface area contributed by atoms with Crippen LogP contribution in [0.2, 0.25) is 0 Å². The van der Waals surface area contributed by atoms with Gasteiger partial charge in [0.2, 0.25) is 15.9 Å². The fourth-order valence-corrected chi connectivity index (χ4v) is 3.95. The molecule has 6 heteroatoms. The molecule has 0 aliphatic heterocycles. The van der Waals surface area contributed by atoms with E-state index in [2.05, 4.69) is 10.0 Å². The van der Waals surface area contributed by atoms with Crippen LogP contribution >= 0.6 is 0 Å². The van der Waals surface area contributed by atoms with E-state index in [9.17, 15) is 13.2 Å². The largest absolute Gasteiger partial charge is 0.326 e. The third-order valence-corrected chi connectivity index (χ3v) is 5.52. The first-order chi connectivity index (χ1) is 11.4. The fraction of sp³-hybridized carbons (Fsp3) is 0.278. The van der Waals surface area contributed by atoms with Crippen molar-refractivity contribution in [2.45, 2.75) is 37.6 Å². The van der Waals surface area contributed by atoms with Crippen LogP contribution in [0.5, 0.6) is 0 Å². The number of benzene rings is 2. The van der Waals surface area contributed by atoms with Gasteiger partial charge in [-0.3, -0.25) is 4.79 Å². The van der Waals surface area contributed by atoms with E-state index in [-0.39, 0.29) is 12.5 Å². The number of sulfonamides is 1. The molecule has 0 heterocycles. The Kier molecular flexibility index (Phi) is 4.69. The highest BCUT2D eigenvalue weighted by atomic mass is 32.2. The molecule has 2 N–H and O–H groups in total. The number of aryl methyl sites for hydroxylation is 2. The summed E-state index contributed by atoms with van der Waals surface area (Å²) in [5.74, 6) is -0.139. The van der Waals surface area contributed by atoms with Crippen LogP contribution in [-0.2, 0) is 34.2 Å². The van der Waals surface area contributed by atoms with E-state index < -0.39 is 10.0 Å². The van der Waals surface area contributed by atoms with Crippen LogP contribution in [0.3, 0.4) is 0 Å². The number of nitrogens with one attached hydrogen (secondary N) is 2. The molecule has 2 aromatic rings. The lowest BCUT2D eigenvalue weighted by molar-refractivity contribution is -0.114. The van der Waals surface area contributed by atoms with Crippen LogP contribution in [-0.4, -0.2) is 14.3 Å². The monoisotopic (exact) mass is 344 g/mol. The van der Waals surface area contributed by atoms with E-state index in [0.29, 0.717) is 10.6 Å². The maximum atomic E-state index is 12.4. The molecule has 24 heavy (non-hydrogen) atoms. The van der Waals surface area contributed by atoms with Gasteiger partial charge >= 0.3 is 0 Å². The standard InChI is InChI=1S/C18H20N2O3S/c1-13(21)20-17-8-5-14(6-9-17)12-19-24(22,23)18-10-7-15-3-2-4-16(15)11-18/h5-11,19H,2-4,12H2,1H3,(H,20,21). The summed E-state index contributed by atoms with van der Waals surface area (Å²) in [6.45, 7) is 1.65. The smallest absolute Gasteiger partial charge is 0.240 e. The number of carbonyl (C=O) groups is 1. The minimum Gasteiger partial charge on any atom is -0.326 e. The highest BCUT2D eigenvalue weighted by molar-refractivity contribution is 7.89. The quantitative estimate of drug-likeness (QED) is 0.875. The van der Waals surface area contributed by atoms with Gasteiger partial charge in [-0.05, 0) is 60.2 Å². The Morgan fingerprint density at radius 3 is 2.46 bits per heavy atom. The van der Waals surface area contributed by atoms with Crippen LogP contribution in [0, 0.1) is 0 Å². The SMILES string of the molecule is CC(=O)Nc1ccc(CNS(=O)(=O)c2ccc3c(c2)CCC3)cc1. The van der Waals surface area contributed by atoms with Gasteiger partial charge in [-0.25, -0.2) is 13.1 Å². The lowest BCUT2D eigenvalue weighted by Crippen LogP contribution is -2.23. The second kappa shape index (κ2) is 6.75. The van der Waals surface area contributed by atoms with Gasteiger partial charge in [-0.1, -0.05) is 18.2 Å². The molecule has 0 bridgehead atoms. The van der Waals surface area contributed by atoms with Gasteiger partial charge in [-0.15, -0.1) is 0 Å². The van der Waals surface area contributed by atoms with Crippen molar-refractivity contribution >= 4 is 21.6 Å². The summed E-state index contributed by atoms with van der Waals surface area (Å²) < 4.78 is 27.5. The summed E-state index contributed by atoms with van der Waals surface area (Å²) in [6.07, 6.45) is 3.07. The Hall–Kier alpha value is -2.18. The molecule has 0 spiro atoms. The summed E-state index contributed by atoms with van der Waals surface area (Å²) in [5.41, 5.74) is 3.90. The summed E-state index contributed by atoms with van der Waals surface area (Å²) in [5, 5.41) is 2.68. The van der Waals surface area contributed by atoms with Crippen molar-refractivity contribution < 1.29 is 13.2 Å². The maximum Gasteiger partial charge on any atom is 0.240 e. The highest BCUT2D eigenvalue weighted by Gasteiger charge is 2.18. The molecule has 0 fully saturated rings. The third kappa shape index (κ3) is 3.83. The Balaban J connectivity index is 1.68. The highest BCUT2D eigenvalue weighted by Crippen LogP contribution is 2.24. The maximum absolute atomic E-state index is 12.4. The molecule has 1 aliphatic rings. The molecular weight excluding hydrogens is 324 g/mol. The van der Waals surface area contributed by atoms with E-state index in [4.69, 9.17) is 0 Å². The van der Waals surface area contributed by atoms with Crippen LogP contribution in [0.25, 0.3) is 0 Å². The molecule has 1 aliphatic carbocycles. The number of hydrogen-bond donors (Lipinski definition) is 2. The third-order valence-electron chi connectivity index (χ3n) is 4.12. The van der Waals surface area contributed by atoms with Gasteiger partial charge in [0.05, 0.1) is 4.90 Å². The Morgan fingerprint density at radius 1 is 1.04 bits per heavy atom. The molecule has 126 valence electrons. The minimum absolute atomic E-state index is 0.139. The average Bonchev–Trinajstić information content (AvgIpc) is 3.01. The number of rotatable bonds is 5. The van der Waals surface area contributed by atoms with Gasteiger partial charge in [0.15, 0.2) is 0 Å². The molecule has 0 saturated carbocycles. The zero-order valence-corrected chi connectivity index (χ0v) is 14.3. The van der Waals surface area contributed by atoms with Crippen molar-refractivity contribution in [1.29, 1.82) is 0 Å². The second-order valence-electron chi connectivity index (χ2n) is 5.99.